The van der Waals surface area contributed by atoms with Gasteiger partial charge in [-0.25, -0.2) is 0 Å². The Morgan fingerprint density at radius 1 is 1.16 bits per heavy atom. The van der Waals surface area contributed by atoms with Crippen LogP contribution in [-0.4, -0.2) is 46.5 Å². The lowest BCUT2D eigenvalue weighted by molar-refractivity contribution is -0.131. The molecule has 0 unspecified atom stereocenters. The normalized spacial score (nSPS) is 14.9. The molecular weight excluding hydrogens is 316 g/mol. The van der Waals surface area contributed by atoms with Crippen molar-refractivity contribution in [1.29, 1.82) is 0 Å². The lowest BCUT2D eigenvalue weighted by Gasteiger charge is -2.31. The van der Waals surface area contributed by atoms with E-state index in [0.29, 0.717) is 11.6 Å². The van der Waals surface area contributed by atoms with Crippen molar-refractivity contribution in [3.8, 4) is 11.1 Å². The summed E-state index contributed by atoms with van der Waals surface area (Å²) >= 11 is 0. The minimum absolute atomic E-state index is 0.0322. The predicted molar refractivity (Wildman–Crippen MR) is 96.0 cm³/mol. The van der Waals surface area contributed by atoms with Crippen LogP contribution in [0.15, 0.2) is 36.7 Å². The molecule has 0 aliphatic heterocycles. The highest BCUT2D eigenvalue weighted by atomic mass is 16.2. The molecule has 2 amide bonds. The number of carbonyl (C=O) groups is 2. The Bertz CT molecular complexity index is 704. The summed E-state index contributed by atoms with van der Waals surface area (Å²) in [7, 11) is 1.84. The molecule has 1 aliphatic carbocycles. The predicted octanol–water partition coefficient (Wildman–Crippen LogP) is 2.60. The SMILES string of the molecule is CN(C(=O)CNC(=O)c1ccc(-c2cn[nH]c2)cc1)C1CCCCC1. The molecule has 0 radical (unpaired) electrons. The molecular formula is C19H24N4O2. The summed E-state index contributed by atoms with van der Waals surface area (Å²) in [5.74, 6) is -0.264. The molecule has 2 aromatic rings. The van der Waals surface area contributed by atoms with E-state index in [1.807, 2.05) is 19.2 Å². The molecule has 6 nitrogen and oxygen atoms in total. The molecule has 1 aromatic carbocycles. The fraction of sp³-hybridized carbons (Fsp3) is 0.421. The van der Waals surface area contributed by atoms with Crippen LogP contribution in [0.25, 0.3) is 11.1 Å². The van der Waals surface area contributed by atoms with Crippen molar-refractivity contribution < 1.29 is 9.59 Å². The quantitative estimate of drug-likeness (QED) is 0.878. The number of rotatable bonds is 5. The molecule has 0 spiro atoms. The number of hydrogen-bond acceptors (Lipinski definition) is 3. The third-order valence-electron chi connectivity index (χ3n) is 4.89. The maximum absolute atomic E-state index is 12.3. The van der Waals surface area contributed by atoms with Crippen LogP contribution in [0.5, 0.6) is 0 Å². The number of aromatic amines is 1. The third-order valence-corrected chi connectivity index (χ3v) is 4.89. The molecule has 1 aliphatic rings. The Kier molecular flexibility index (Phi) is 5.48. The molecule has 25 heavy (non-hydrogen) atoms. The van der Waals surface area contributed by atoms with Crippen LogP contribution in [0.1, 0.15) is 42.5 Å². The van der Waals surface area contributed by atoms with Gasteiger partial charge >= 0.3 is 0 Å². The fourth-order valence-corrected chi connectivity index (χ4v) is 3.28. The van der Waals surface area contributed by atoms with E-state index in [1.165, 1.54) is 19.3 Å². The molecule has 2 N–H and O–H groups in total. The minimum atomic E-state index is -0.232. The van der Waals surface area contributed by atoms with E-state index in [1.54, 1.807) is 29.4 Å². The van der Waals surface area contributed by atoms with Crippen molar-refractivity contribution in [2.75, 3.05) is 13.6 Å². The Morgan fingerprint density at radius 3 is 2.52 bits per heavy atom. The maximum Gasteiger partial charge on any atom is 0.251 e. The van der Waals surface area contributed by atoms with Gasteiger partial charge in [0.05, 0.1) is 12.7 Å². The van der Waals surface area contributed by atoms with Crippen LogP contribution in [0.4, 0.5) is 0 Å². The van der Waals surface area contributed by atoms with Gasteiger partial charge in [0.15, 0.2) is 0 Å². The number of benzene rings is 1. The average molecular weight is 340 g/mol. The van der Waals surface area contributed by atoms with Crippen LogP contribution in [0.2, 0.25) is 0 Å². The largest absolute Gasteiger partial charge is 0.343 e. The van der Waals surface area contributed by atoms with E-state index >= 15 is 0 Å². The number of nitrogens with zero attached hydrogens (tertiary/aromatic N) is 2. The maximum atomic E-state index is 12.3. The molecule has 3 rings (SSSR count). The van der Waals surface area contributed by atoms with Gasteiger partial charge in [-0.3, -0.25) is 14.7 Å². The van der Waals surface area contributed by atoms with Crippen LogP contribution in [0, 0.1) is 0 Å². The van der Waals surface area contributed by atoms with Crippen LogP contribution >= 0.6 is 0 Å². The number of aromatic nitrogens is 2. The van der Waals surface area contributed by atoms with Crippen molar-refractivity contribution >= 4 is 11.8 Å². The van der Waals surface area contributed by atoms with Gasteiger partial charge in [-0.15, -0.1) is 0 Å². The Hall–Kier alpha value is -2.63. The van der Waals surface area contributed by atoms with Gasteiger partial charge < -0.3 is 10.2 Å². The standard InChI is InChI=1S/C19H24N4O2/c1-23(17-5-3-2-4-6-17)18(24)13-20-19(25)15-9-7-14(8-10-15)16-11-21-22-12-16/h7-12,17H,2-6,13H2,1H3,(H,20,25)(H,21,22). The molecule has 1 heterocycles. The highest BCUT2D eigenvalue weighted by Crippen LogP contribution is 2.21. The van der Waals surface area contributed by atoms with Crippen molar-refractivity contribution in [2.45, 2.75) is 38.1 Å². The highest BCUT2D eigenvalue weighted by molar-refractivity contribution is 5.96. The smallest absolute Gasteiger partial charge is 0.251 e. The van der Waals surface area contributed by atoms with Crippen LogP contribution < -0.4 is 5.32 Å². The van der Waals surface area contributed by atoms with E-state index < -0.39 is 0 Å². The molecule has 0 saturated heterocycles. The van der Waals surface area contributed by atoms with Gasteiger partial charge in [-0.1, -0.05) is 31.4 Å². The number of amides is 2. The molecule has 0 bridgehead atoms. The zero-order valence-corrected chi connectivity index (χ0v) is 14.5. The first-order valence-electron chi connectivity index (χ1n) is 8.78. The van der Waals surface area contributed by atoms with Crippen molar-refractivity contribution in [3.63, 3.8) is 0 Å². The summed E-state index contributed by atoms with van der Waals surface area (Å²) in [5.41, 5.74) is 2.50. The second-order valence-electron chi connectivity index (χ2n) is 6.54. The summed E-state index contributed by atoms with van der Waals surface area (Å²) in [4.78, 5) is 26.3. The van der Waals surface area contributed by atoms with Gasteiger partial charge in [0.2, 0.25) is 5.91 Å². The van der Waals surface area contributed by atoms with Crippen molar-refractivity contribution in [1.82, 2.24) is 20.4 Å². The molecule has 1 saturated carbocycles. The zero-order valence-electron chi connectivity index (χ0n) is 14.5. The van der Waals surface area contributed by atoms with Gasteiger partial charge in [0.1, 0.15) is 0 Å². The van der Waals surface area contributed by atoms with Gasteiger partial charge in [-0.05, 0) is 30.5 Å². The summed E-state index contributed by atoms with van der Waals surface area (Å²) in [5, 5.41) is 9.40. The molecule has 6 heteroatoms. The minimum Gasteiger partial charge on any atom is -0.343 e. The Labute approximate surface area is 147 Å². The van der Waals surface area contributed by atoms with E-state index in [2.05, 4.69) is 15.5 Å². The topological polar surface area (TPSA) is 78.1 Å². The molecule has 0 atom stereocenters. The second-order valence-corrected chi connectivity index (χ2v) is 6.54. The fourth-order valence-electron chi connectivity index (χ4n) is 3.28. The first-order chi connectivity index (χ1) is 12.1. The van der Waals surface area contributed by atoms with Crippen molar-refractivity contribution in [3.05, 3.63) is 42.2 Å². The Balaban J connectivity index is 1.52. The Morgan fingerprint density at radius 2 is 1.88 bits per heavy atom. The lowest BCUT2D eigenvalue weighted by atomic mass is 9.94. The highest BCUT2D eigenvalue weighted by Gasteiger charge is 2.22. The first-order valence-corrected chi connectivity index (χ1v) is 8.78. The van der Waals surface area contributed by atoms with Gasteiger partial charge in [0.25, 0.3) is 5.91 Å². The monoisotopic (exact) mass is 340 g/mol. The van der Waals surface area contributed by atoms with E-state index in [0.717, 1.165) is 24.0 Å². The second kappa shape index (κ2) is 7.96. The average Bonchev–Trinajstić information content (AvgIpc) is 3.21. The van der Waals surface area contributed by atoms with E-state index in [4.69, 9.17) is 0 Å². The zero-order chi connectivity index (χ0) is 17.6. The van der Waals surface area contributed by atoms with Crippen LogP contribution in [0.3, 0.4) is 0 Å². The van der Waals surface area contributed by atoms with E-state index in [9.17, 15) is 9.59 Å². The summed E-state index contributed by atoms with van der Waals surface area (Å²) in [6, 6.07) is 7.57. The van der Waals surface area contributed by atoms with Crippen LogP contribution in [-0.2, 0) is 4.79 Å². The van der Waals surface area contributed by atoms with Gasteiger partial charge in [0, 0.05) is 30.4 Å². The van der Waals surface area contributed by atoms with Gasteiger partial charge in [-0.2, -0.15) is 5.10 Å². The summed E-state index contributed by atoms with van der Waals surface area (Å²) in [6.45, 7) is 0.0370. The third kappa shape index (κ3) is 4.26. The first kappa shape index (κ1) is 17.2. The molecule has 1 aromatic heterocycles. The lowest BCUT2D eigenvalue weighted by Crippen LogP contribution is -2.44. The number of nitrogens with one attached hydrogen (secondary N) is 2. The van der Waals surface area contributed by atoms with E-state index in [-0.39, 0.29) is 18.4 Å². The summed E-state index contributed by atoms with van der Waals surface area (Å²) in [6.07, 6.45) is 9.26. The van der Waals surface area contributed by atoms with Crippen molar-refractivity contribution in [2.24, 2.45) is 0 Å². The number of likely N-dealkylation sites (N-methyl/N-ethyl adjacent to an activating group) is 1. The molecule has 1 fully saturated rings. The number of H-pyrrole nitrogens is 1. The summed E-state index contributed by atoms with van der Waals surface area (Å²) < 4.78 is 0. The number of hydrogen-bond donors (Lipinski definition) is 2. The molecule has 132 valence electrons. The number of carbonyl (C=O) groups excluding carboxylic acids is 2.